The second kappa shape index (κ2) is 7.13. The molecule has 1 N–H and O–H groups in total. The molecule has 2 rings (SSSR count). The molecule has 21 heavy (non-hydrogen) atoms. The van der Waals surface area contributed by atoms with E-state index in [0.29, 0.717) is 6.04 Å². The van der Waals surface area contributed by atoms with E-state index in [1.165, 1.54) is 31.2 Å². The second-order valence-electron chi connectivity index (χ2n) is 6.86. The van der Waals surface area contributed by atoms with Crippen LogP contribution in [-0.4, -0.2) is 37.6 Å². The summed E-state index contributed by atoms with van der Waals surface area (Å²) in [5.74, 6) is 0.863. The Morgan fingerprint density at radius 3 is 2.52 bits per heavy atom. The Morgan fingerprint density at radius 2 is 2.00 bits per heavy atom. The summed E-state index contributed by atoms with van der Waals surface area (Å²) in [6, 6.07) is 8.74. The molecule has 0 aliphatic heterocycles. The lowest BCUT2D eigenvalue weighted by Gasteiger charge is -2.50. The Balaban J connectivity index is 2.20. The van der Waals surface area contributed by atoms with Gasteiger partial charge in [0, 0.05) is 16.6 Å². The first-order valence-electron chi connectivity index (χ1n) is 8.07. The van der Waals surface area contributed by atoms with E-state index in [-0.39, 0.29) is 5.54 Å². The minimum atomic E-state index is 0.254. The molecule has 1 aromatic rings. The van der Waals surface area contributed by atoms with Crippen molar-refractivity contribution < 1.29 is 0 Å². The van der Waals surface area contributed by atoms with Crippen molar-refractivity contribution in [3.8, 4) is 0 Å². The van der Waals surface area contributed by atoms with Gasteiger partial charge in [-0.25, -0.2) is 0 Å². The highest BCUT2D eigenvalue weighted by molar-refractivity contribution is 6.30. The summed E-state index contributed by atoms with van der Waals surface area (Å²) in [5, 5.41) is 4.42. The third kappa shape index (κ3) is 3.80. The third-order valence-electron chi connectivity index (χ3n) is 5.36. The number of halogens is 1. The van der Waals surface area contributed by atoms with Crippen LogP contribution in [0.25, 0.3) is 0 Å². The maximum absolute atomic E-state index is 6.14. The largest absolute Gasteiger partial charge is 0.315 e. The highest BCUT2D eigenvalue weighted by Gasteiger charge is 2.42. The summed E-state index contributed by atoms with van der Waals surface area (Å²) in [4.78, 5) is 2.45. The minimum absolute atomic E-state index is 0.254. The van der Waals surface area contributed by atoms with Crippen LogP contribution < -0.4 is 5.32 Å². The Labute approximate surface area is 134 Å². The predicted octanol–water partition coefficient (Wildman–Crippen LogP) is 3.98. The SMILES string of the molecule is CNC(Cc1cccc(Cl)c1)C1(N(C)C)CCC(C)CC1. The van der Waals surface area contributed by atoms with Gasteiger partial charge in [0.15, 0.2) is 0 Å². The molecule has 0 bridgehead atoms. The Morgan fingerprint density at radius 1 is 1.33 bits per heavy atom. The van der Waals surface area contributed by atoms with Gasteiger partial charge in [0.05, 0.1) is 0 Å². The Kier molecular flexibility index (Phi) is 5.70. The van der Waals surface area contributed by atoms with Gasteiger partial charge in [0.2, 0.25) is 0 Å². The molecule has 1 aliphatic rings. The standard InChI is InChI=1S/C18H29ClN2/c1-14-8-10-18(11-9-14,21(3)4)17(20-2)13-15-6-5-7-16(19)12-15/h5-7,12,14,17,20H,8-11,13H2,1-4H3. The van der Waals surface area contributed by atoms with E-state index in [0.717, 1.165) is 17.4 Å². The molecule has 1 saturated carbocycles. The lowest BCUT2D eigenvalue weighted by molar-refractivity contribution is 0.0461. The molecule has 0 radical (unpaired) electrons. The predicted molar refractivity (Wildman–Crippen MR) is 92.1 cm³/mol. The molecule has 1 aliphatic carbocycles. The van der Waals surface area contributed by atoms with Crippen LogP contribution in [0.1, 0.15) is 38.2 Å². The van der Waals surface area contributed by atoms with Gasteiger partial charge in [-0.15, -0.1) is 0 Å². The van der Waals surface area contributed by atoms with E-state index in [9.17, 15) is 0 Å². The summed E-state index contributed by atoms with van der Waals surface area (Å²) in [7, 11) is 6.56. The Bertz CT molecular complexity index is 450. The van der Waals surface area contributed by atoms with Crippen molar-refractivity contribution in [1.82, 2.24) is 10.2 Å². The number of benzene rings is 1. The molecular weight excluding hydrogens is 280 g/mol. The van der Waals surface area contributed by atoms with E-state index in [2.05, 4.69) is 56.5 Å². The van der Waals surface area contributed by atoms with E-state index < -0.39 is 0 Å². The summed E-state index contributed by atoms with van der Waals surface area (Å²) in [5.41, 5.74) is 1.57. The fraction of sp³-hybridized carbons (Fsp3) is 0.667. The third-order valence-corrected chi connectivity index (χ3v) is 5.59. The fourth-order valence-corrected chi connectivity index (χ4v) is 4.04. The molecule has 0 heterocycles. The second-order valence-corrected chi connectivity index (χ2v) is 7.29. The molecule has 0 amide bonds. The fourth-order valence-electron chi connectivity index (χ4n) is 3.83. The van der Waals surface area contributed by atoms with E-state index >= 15 is 0 Å². The summed E-state index contributed by atoms with van der Waals surface area (Å²) < 4.78 is 0. The first-order chi connectivity index (χ1) is 9.98. The molecule has 2 nitrogen and oxygen atoms in total. The molecule has 0 saturated heterocycles. The van der Waals surface area contributed by atoms with Crippen LogP contribution in [0.3, 0.4) is 0 Å². The minimum Gasteiger partial charge on any atom is -0.315 e. The number of hydrogen-bond acceptors (Lipinski definition) is 2. The topological polar surface area (TPSA) is 15.3 Å². The van der Waals surface area contributed by atoms with Crippen molar-refractivity contribution in [2.24, 2.45) is 5.92 Å². The molecule has 1 aromatic carbocycles. The molecular formula is C18H29ClN2. The van der Waals surface area contributed by atoms with Crippen LogP contribution in [0.2, 0.25) is 5.02 Å². The maximum Gasteiger partial charge on any atom is 0.0408 e. The zero-order chi connectivity index (χ0) is 15.5. The summed E-state index contributed by atoms with van der Waals surface area (Å²) in [6.45, 7) is 2.38. The number of nitrogens with one attached hydrogen (secondary N) is 1. The molecule has 3 heteroatoms. The average Bonchev–Trinajstić information content (AvgIpc) is 2.46. The van der Waals surface area contributed by atoms with Gasteiger partial charge in [-0.05, 0) is 76.9 Å². The lowest BCUT2D eigenvalue weighted by atomic mass is 9.70. The van der Waals surface area contributed by atoms with Crippen LogP contribution in [-0.2, 0) is 6.42 Å². The van der Waals surface area contributed by atoms with Crippen molar-refractivity contribution in [3.05, 3.63) is 34.9 Å². The molecule has 118 valence electrons. The van der Waals surface area contributed by atoms with Crippen LogP contribution in [0, 0.1) is 5.92 Å². The van der Waals surface area contributed by atoms with Gasteiger partial charge in [-0.2, -0.15) is 0 Å². The monoisotopic (exact) mass is 308 g/mol. The van der Waals surface area contributed by atoms with Crippen molar-refractivity contribution in [2.45, 2.75) is 50.6 Å². The Hall–Kier alpha value is -0.570. The van der Waals surface area contributed by atoms with Gasteiger partial charge in [0.1, 0.15) is 0 Å². The van der Waals surface area contributed by atoms with Crippen LogP contribution in [0.4, 0.5) is 0 Å². The van der Waals surface area contributed by atoms with Crippen LogP contribution >= 0.6 is 11.6 Å². The quantitative estimate of drug-likeness (QED) is 0.885. The van der Waals surface area contributed by atoms with Crippen molar-refractivity contribution in [2.75, 3.05) is 21.1 Å². The number of likely N-dealkylation sites (N-methyl/N-ethyl adjacent to an activating group) is 2. The van der Waals surface area contributed by atoms with Crippen LogP contribution in [0.5, 0.6) is 0 Å². The molecule has 1 unspecified atom stereocenters. The van der Waals surface area contributed by atoms with E-state index in [4.69, 9.17) is 11.6 Å². The van der Waals surface area contributed by atoms with Crippen molar-refractivity contribution in [3.63, 3.8) is 0 Å². The first kappa shape index (κ1) is 16.8. The number of rotatable bonds is 5. The summed E-state index contributed by atoms with van der Waals surface area (Å²) in [6.07, 6.45) is 6.22. The first-order valence-corrected chi connectivity index (χ1v) is 8.45. The molecule has 1 fully saturated rings. The smallest absolute Gasteiger partial charge is 0.0408 e. The average molecular weight is 309 g/mol. The highest BCUT2D eigenvalue weighted by atomic mass is 35.5. The zero-order valence-electron chi connectivity index (χ0n) is 13.8. The summed E-state index contributed by atoms with van der Waals surface area (Å²) >= 11 is 6.14. The highest BCUT2D eigenvalue weighted by Crippen LogP contribution is 2.38. The van der Waals surface area contributed by atoms with Gasteiger partial charge in [-0.1, -0.05) is 30.7 Å². The zero-order valence-corrected chi connectivity index (χ0v) is 14.6. The van der Waals surface area contributed by atoms with Gasteiger partial charge < -0.3 is 10.2 Å². The van der Waals surface area contributed by atoms with Gasteiger partial charge in [-0.3, -0.25) is 0 Å². The van der Waals surface area contributed by atoms with Crippen molar-refractivity contribution >= 4 is 11.6 Å². The molecule has 1 atom stereocenters. The van der Waals surface area contributed by atoms with Gasteiger partial charge >= 0.3 is 0 Å². The number of hydrogen-bond donors (Lipinski definition) is 1. The van der Waals surface area contributed by atoms with Crippen molar-refractivity contribution in [1.29, 1.82) is 0 Å². The van der Waals surface area contributed by atoms with Crippen LogP contribution in [0.15, 0.2) is 24.3 Å². The lowest BCUT2D eigenvalue weighted by Crippen LogP contribution is -2.60. The van der Waals surface area contributed by atoms with E-state index in [1.54, 1.807) is 0 Å². The molecule has 0 aromatic heterocycles. The van der Waals surface area contributed by atoms with E-state index in [1.807, 2.05) is 6.07 Å². The maximum atomic E-state index is 6.14. The normalized spacial score (nSPS) is 27.8. The number of nitrogens with zero attached hydrogens (tertiary/aromatic N) is 1. The molecule has 0 spiro atoms. The van der Waals surface area contributed by atoms with Gasteiger partial charge in [0.25, 0.3) is 0 Å².